The standard InChI is InChI=1S/C17H18F6N4OS.HI/c1-24-15(25-6-5-14-27-13(9-29-14)17(21,22)23)26-8-10-3-4-11(28-2)7-12(10)16(18,19)20;/h3-4,7,9H,5-6,8H2,1-2H3,(H2,24,25,26);1H. The molecule has 0 bridgehead atoms. The first kappa shape index (κ1) is 26.3. The molecule has 1 heterocycles. The van der Waals surface area contributed by atoms with E-state index in [4.69, 9.17) is 4.74 Å². The number of hydrogen-bond donors (Lipinski definition) is 2. The van der Waals surface area contributed by atoms with Gasteiger partial charge in [-0.15, -0.1) is 35.3 Å². The average molecular weight is 568 g/mol. The number of guanidine groups is 1. The van der Waals surface area contributed by atoms with Crippen molar-refractivity contribution in [3.8, 4) is 5.75 Å². The minimum absolute atomic E-state index is 0. The molecular formula is C17H19F6IN4OS. The quantitative estimate of drug-likeness (QED) is 0.230. The molecule has 0 unspecified atom stereocenters. The van der Waals surface area contributed by atoms with E-state index in [1.165, 1.54) is 26.3 Å². The van der Waals surface area contributed by atoms with Gasteiger partial charge >= 0.3 is 12.4 Å². The number of thiazole rings is 1. The van der Waals surface area contributed by atoms with Crippen LogP contribution in [0.2, 0.25) is 0 Å². The molecule has 0 aliphatic rings. The van der Waals surface area contributed by atoms with Gasteiger partial charge in [-0.3, -0.25) is 4.99 Å². The Bertz CT molecular complexity index is 854. The van der Waals surface area contributed by atoms with Crippen LogP contribution in [0.25, 0.3) is 0 Å². The summed E-state index contributed by atoms with van der Waals surface area (Å²) in [4.78, 5) is 7.40. The second-order valence-corrected chi connectivity index (χ2v) is 6.69. The highest BCUT2D eigenvalue weighted by atomic mass is 127. The smallest absolute Gasteiger partial charge is 0.434 e. The normalized spacial score (nSPS) is 12.3. The Morgan fingerprint density at radius 2 is 1.83 bits per heavy atom. The number of rotatable bonds is 6. The molecule has 0 saturated carbocycles. The van der Waals surface area contributed by atoms with Crippen LogP contribution in [0.15, 0.2) is 28.6 Å². The van der Waals surface area contributed by atoms with E-state index < -0.39 is 23.6 Å². The van der Waals surface area contributed by atoms with Crippen molar-refractivity contribution in [2.45, 2.75) is 25.3 Å². The van der Waals surface area contributed by atoms with E-state index in [9.17, 15) is 26.3 Å². The molecule has 2 aromatic rings. The lowest BCUT2D eigenvalue weighted by molar-refractivity contribution is -0.141. The molecular weight excluding hydrogens is 549 g/mol. The van der Waals surface area contributed by atoms with Crippen LogP contribution in [-0.2, 0) is 25.3 Å². The van der Waals surface area contributed by atoms with Gasteiger partial charge in [0.15, 0.2) is 11.7 Å². The first-order valence-electron chi connectivity index (χ1n) is 8.25. The van der Waals surface area contributed by atoms with E-state index in [1.54, 1.807) is 0 Å². The predicted molar refractivity (Wildman–Crippen MR) is 112 cm³/mol. The van der Waals surface area contributed by atoms with Gasteiger partial charge in [-0.2, -0.15) is 26.3 Å². The van der Waals surface area contributed by atoms with E-state index in [0.29, 0.717) is 0 Å². The minimum Gasteiger partial charge on any atom is -0.497 e. The number of benzene rings is 1. The second-order valence-electron chi connectivity index (χ2n) is 5.75. The van der Waals surface area contributed by atoms with Crippen molar-refractivity contribution < 1.29 is 31.1 Å². The van der Waals surface area contributed by atoms with Crippen molar-refractivity contribution in [1.29, 1.82) is 0 Å². The summed E-state index contributed by atoms with van der Waals surface area (Å²) in [5.74, 6) is 0.298. The molecule has 2 rings (SSSR count). The summed E-state index contributed by atoms with van der Waals surface area (Å²) in [5.41, 5.74) is -1.78. The fourth-order valence-electron chi connectivity index (χ4n) is 2.34. The zero-order valence-electron chi connectivity index (χ0n) is 15.8. The Morgan fingerprint density at radius 1 is 1.13 bits per heavy atom. The van der Waals surface area contributed by atoms with E-state index in [-0.39, 0.29) is 65.8 Å². The third-order valence-corrected chi connectivity index (χ3v) is 4.67. The number of ether oxygens (including phenoxy) is 1. The van der Waals surface area contributed by atoms with E-state index in [0.717, 1.165) is 22.8 Å². The van der Waals surface area contributed by atoms with Gasteiger partial charge in [-0.05, 0) is 17.7 Å². The summed E-state index contributed by atoms with van der Waals surface area (Å²) in [6.45, 7) is 0.0488. The fraction of sp³-hybridized carbons (Fsp3) is 0.412. The van der Waals surface area contributed by atoms with E-state index in [2.05, 4.69) is 20.6 Å². The maximum atomic E-state index is 13.2. The Labute approximate surface area is 190 Å². The molecule has 1 aromatic carbocycles. The Kier molecular flexibility index (Phi) is 9.65. The fourth-order valence-corrected chi connectivity index (χ4v) is 3.15. The topological polar surface area (TPSA) is 58.5 Å². The predicted octanol–water partition coefficient (Wildman–Crippen LogP) is 4.72. The van der Waals surface area contributed by atoms with Gasteiger partial charge in [0.2, 0.25) is 0 Å². The summed E-state index contributed by atoms with van der Waals surface area (Å²) in [6.07, 6.45) is -8.84. The molecule has 1 aromatic heterocycles. The van der Waals surface area contributed by atoms with Crippen LogP contribution in [-0.4, -0.2) is 31.6 Å². The number of aromatic nitrogens is 1. The number of nitrogens with zero attached hydrogens (tertiary/aromatic N) is 2. The number of aliphatic imine (C=N–C) groups is 1. The largest absolute Gasteiger partial charge is 0.497 e. The lowest BCUT2D eigenvalue weighted by atomic mass is 10.1. The van der Waals surface area contributed by atoms with Crippen LogP contribution in [0, 0.1) is 0 Å². The first-order valence-corrected chi connectivity index (χ1v) is 9.12. The number of hydrogen-bond acceptors (Lipinski definition) is 4. The Balaban J connectivity index is 0.00000450. The molecule has 0 amide bonds. The van der Waals surface area contributed by atoms with Crippen molar-refractivity contribution in [3.05, 3.63) is 45.4 Å². The number of halogens is 7. The third-order valence-electron chi connectivity index (χ3n) is 3.77. The van der Waals surface area contributed by atoms with Gasteiger partial charge in [0.05, 0.1) is 17.7 Å². The van der Waals surface area contributed by atoms with Gasteiger partial charge in [0.1, 0.15) is 5.75 Å². The van der Waals surface area contributed by atoms with Crippen LogP contribution >= 0.6 is 35.3 Å². The number of nitrogens with one attached hydrogen (secondary N) is 2. The third kappa shape index (κ3) is 7.49. The first-order chi connectivity index (χ1) is 13.5. The average Bonchev–Trinajstić information content (AvgIpc) is 3.13. The number of alkyl halides is 6. The van der Waals surface area contributed by atoms with Crippen molar-refractivity contribution in [1.82, 2.24) is 15.6 Å². The maximum absolute atomic E-state index is 13.2. The monoisotopic (exact) mass is 568 g/mol. The van der Waals surface area contributed by atoms with Crippen LogP contribution in [0.4, 0.5) is 26.3 Å². The van der Waals surface area contributed by atoms with Gasteiger partial charge in [0.25, 0.3) is 0 Å². The Morgan fingerprint density at radius 3 is 2.37 bits per heavy atom. The van der Waals surface area contributed by atoms with Gasteiger partial charge in [-0.1, -0.05) is 6.07 Å². The zero-order valence-corrected chi connectivity index (χ0v) is 19.0. The highest BCUT2D eigenvalue weighted by Crippen LogP contribution is 2.34. The van der Waals surface area contributed by atoms with Crippen LogP contribution in [0.5, 0.6) is 5.75 Å². The van der Waals surface area contributed by atoms with E-state index in [1.807, 2.05) is 0 Å². The van der Waals surface area contributed by atoms with Crippen molar-refractivity contribution in [2.75, 3.05) is 20.7 Å². The molecule has 0 radical (unpaired) electrons. The molecule has 0 aliphatic heterocycles. The molecule has 0 fully saturated rings. The van der Waals surface area contributed by atoms with Gasteiger partial charge in [0, 0.05) is 31.9 Å². The Hall–Kier alpha value is -1.77. The SMILES string of the molecule is CN=C(NCCc1nc(C(F)(F)F)cs1)NCc1ccc(OC)cc1C(F)(F)F.I. The molecule has 5 nitrogen and oxygen atoms in total. The zero-order chi connectivity index (χ0) is 21.7. The summed E-state index contributed by atoms with van der Waals surface area (Å²) < 4.78 is 82.2. The second kappa shape index (κ2) is 11.0. The lowest BCUT2D eigenvalue weighted by Gasteiger charge is -2.16. The molecule has 30 heavy (non-hydrogen) atoms. The van der Waals surface area contributed by atoms with Crippen LogP contribution < -0.4 is 15.4 Å². The lowest BCUT2D eigenvalue weighted by Crippen LogP contribution is -2.38. The van der Waals surface area contributed by atoms with Gasteiger partial charge in [-0.25, -0.2) is 4.98 Å². The van der Waals surface area contributed by atoms with Crippen molar-refractivity contribution >= 4 is 41.3 Å². The van der Waals surface area contributed by atoms with Crippen LogP contribution in [0.3, 0.4) is 0 Å². The summed E-state index contributed by atoms with van der Waals surface area (Å²) in [5, 5.41) is 6.81. The highest BCUT2D eigenvalue weighted by Gasteiger charge is 2.34. The summed E-state index contributed by atoms with van der Waals surface area (Å²) >= 11 is 0.886. The van der Waals surface area contributed by atoms with Crippen LogP contribution in [0.1, 0.15) is 21.8 Å². The van der Waals surface area contributed by atoms with Crippen molar-refractivity contribution in [3.63, 3.8) is 0 Å². The van der Waals surface area contributed by atoms with Crippen molar-refractivity contribution in [2.24, 2.45) is 4.99 Å². The summed E-state index contributed by atoms with van der Waals surface area (Å²) in [7, 11) is 2.71. The summed E-state index contributed by atoms with van der Waals surface area (Å²) in [6, 6.07) is 3.63. The molecule has 13 heteroatoms. The number of methoxy groups -OCH3 is 1. The maximum Gasteiger partial charge on any atom is 0.434 e. The molecule has 0 spiro atoms. The molecule has 2 N–H and O–H groups in total. The van der Waals surface area contributed by atoms with Gasteiger partial charge < -0.3 is 15.4 Å². The molecule has 0 atom stereocenters. The highest BCUT2D eigenvalue weighted by molar-refractivity contribution is 14.0. The van der Waals surface area contributed by atoms with E-state index >= 15 is 0 Å². The minimum atomic E-state index is -4.55. The molecule has 0 saturated heterocycles. The molecule has 0 aliphatic carbocycles. The molecule has 168 valence electrons.